The zero-order valence-corrected chi connectivity index (χ0v) is 24.7. The summed E-state index contributed by atoms with van der Waals surface area (Å²) < 4.78 is 33.4. The van der Waals surface area contributed by atoms with Crippen LogP contribution in [0.5, 0.6) is 0 Å². The summed E-state index contributed by atoms with van der Waals surface area (Å²) in [5, 5.41) is 9.66. The summed E-state index contributed by atoms with van der Waals surface area (Å²) in [5.74, 6) is 0.379. The maximum absolute atomic E-state index is 13.3. The van der Waals surface area contributed by atoms with E-state index in [1.807, 2.05) is 20.8 Å². The van der Waals surface area contributed by atoms with Crippen LogP contribution in [-0.2, 0) is 20.4 Å². The summed E-state index contributed by atoms with van der Waals surface area (Å²) >= 11 is 5.59. The van der Waals surface area contributed by atoms with Gasteiger partial charge in [-0.25, -0.2) is 8.42 Å². The van der Waals surface area contributed by atoms with E-state index < -0.39 is 15.6 Å². The van der Waals surface area contributed by atoms with Crippen molar-refractivity contribution in [3.05, 3.63) is 47.3 Å². The Morgan fingerprint density at radius 2 is 1.81 bits per heavy atom. The van der Waals surface area contributed by atoms with E-state index in [0.29, 0.717) is 25.3 Å². The molecule has 1 saturated heterocycles. The van der Waals surface area contributed by atoms with Crippen LogP contribution in [0.4, 0.5) is 0 Å². The van der Waals surface area contributed by atoms with E-state index in [1.54, 1.807) is 30.3 Å². The predicted molar refractivity (Wildman–Crippen MR) is 151 cm³/mol. The van der Waals surface area contributed by atoms with Gasteiger partial charge in [0.25, 0.3) is 5.91 Å². The third-order valence-corrected chi connectivity index (χ3v) is 8.92. The minimum Gasteiger partial charge on any atom is -0.360 e. The summed E-state index contributed by atoms with van der Waals surface area (Å²) in [6, 6.07) is 7.77. The Morgan fingerprint density at radius 1 is 1.16 bits per heavy atom. The molecule has 1 aliphatic heterocycles. The molecule has 0 bridgehead atoms. The van der Waals surface area contributed by atoms with Crippen LogP contribution in [0, 0.1) is 0 Å². The highest BCUT2D eigenvalue weighted by Crippen LogP contribution is 2.40. The van der Waals surface area contributed by atoms with Crippen LogP contribution in [0.25, 0.3) is 0 Å². The number of alkyl halides is 1. The minimum atomic E-state index is -3.72. The van der Waals surface area contributed by atoms with Crippen molar-refractivity contribution >= 4 is 60.4 Å². The highest BCUT2D eigenvalue weighted by atomic mass is 35.5. The molecule has 0 unspecified atom stereocenters. The standard InChI is InChI=1S/C24H31ClN4O5S.2H2S/c1-15-12-18(26-23(31)20-13-21(34-28-20)16-4-5-16)10-11-29(15)35(32,33)19-8-6-17(7-9-19)24(2,3)27-22(30)14-25;;/h6-9,13,15-16,18H,4-5,10-12,14H2,1-3H3,(H,26,31)(H,27,30);2*1H2/t15-,18-;;/m0../s1. The molecule has 0 spiro atoms. The Kier molecular flexibility index (Phi) is 10.6. The van der Waals surface area contributed by atoms with Crippen LogP contribution < -0.4 is 10.6 Å². The highest BCUT2D eigenvalue weighted by molar-refractivity contribution is 7.89. The summed E-state index contributed by atoms with van der Waals surface area (Å²) in [5.41, 5.74) is 0.336. The Labute approximate surface area is 237 Å². The third-order valence-electron chi connectivity index (χ3n) is 6.65. The summed E-state index contributed by atoms with van der Waals surface area (Å²) in [6.45, 7) is 5.79. The average Bonchev–Trinajstić information content (AvgIpc) is 3.54. The second-order valence-corrected chi connectivity index (χ2v) is 12.0. The van der Waals surface area contributed by atoms with Crippen molar-refractivity contribution in [3.63, 3.8) is 0 Å². The minimum absolute atomic E-state index is 0. The van der Waals surface area contributed by atoms with E-state index in [9.17, 15) is 18.0 Å². The van der Waals surface area contributed by atoms with Crippen LogP contribution in [-0.4, -0.2) is 54.2 Å². The number of carbonyl (C=O) groups excluding carboxylic acids is 2. The number of nitrogens with one attached hydrogen (secondary N) is 2. The molecule has 1 aromatic carbocycles. The van der Waals surface area contributed by atoms with E-state index in [4.69, 9.17) is 16.1 Å². The normalized spacial score (nSPS) is 20.3. The molecule has 2 N–H and O–H groups in total. The van der Waals surface area contributed by atoms with Crippen molar-refractivity contribution < 1.29 is 22.5 Å². The lowest BCUT2D eigenvalue weighted by Crippen LogP contribution is -2.50. The first-order valence-electron chi connectivity index (χ1n) is 11.8. The van der Waals surface area contributed by atoms with E-state index in [-0.39, 0.29) is 67.4 Å². The van der Waals surface area contributed by atoms with Gasteiger partial charge in [0.2, 0.25) is 15.9 Å². The van der Waals surface area contributed by atoms with E-state index in [1.165, 1.54) is 4.31 Å². The maximum Gasteiger partial charge on any atom is 0.273 e. The molecule has 0 radical (unpaired) electrons. The van der Waals surface area contributed by atoms with Crippen LogP contribution >= 0.6 is 38.6 Å². The number of benzene rings is 1. The first kappa shape index (κ1) is 31.5. The van der Waals surface area contributed by atoms with Gasteiger partial charge in [-0.05, 0) is 64.2 Å². The van der Waals surface area contributed by atoms with E-state index >= 15 is 0 Å². The zero-order valence-electron chi connectivity index (χ0n) is 21.1. The summed E-state index contributed by atoms with van der Waals surface area (Å²) in [6.07, 6.45) is 3.11. The van der Waals surface area contributed by atoms with Gasteiger partial charge in [-0.2, -0.15) is 31.3 Å². The number of nitrogens with zero attached hydrogens (tertiary/aromatic N) is 2. The second-order valence-electron chi connectivity index (χ2n) is 9.88. The molecule has 4 rings (SSSR count). The van der Waals surface area contributed by atoms with Crippen LogP contribution in [0.2, 0.25) is 0 Å². The van der Waals surface area contributed by atoms with E-state index in [0.717, 1.165) is 24.2 Å². The van der Waals surface area contributed by atoms with Gasteiger partial charge in [0.05, 0.1) is 10.4 Å². The average molecular weight is 591 g/mol. The van der Waals surface area contributed by atoms with Gasteiger partial charge in [-0.15, -0.1) is 11.6 Å². The molecule has 37 heavy (non-hydrogen) atoms. The number of piperidine rings is 1. The fraction of sp³-hybridized carbons (Fsp3) is 0.542. The molecule has 1 aromatic heterocycles. The molecule has 9 nitrogen and oxygen atoms in total. The van der Waals surface area contributed by atoms with Gasteiger partial charge >= 0.3 is 0 Å². The molecule has 2 aliphatic rings. The molecule has 2 atom stereocenters. The zero-order chi connectivity index (χ0) is 25.4. The van der Waals surface area contributed by atoms with Gasteiger partial charge in [-0.1, -0.05) is 17.3 Å². The van der Waals surface area contributed by atoms with Gasteiger partial charge in [-0.3, -0.25) is 9.59 Å². The topological polar surface area (TPSA) is 122 Å². The third kappa shape index (κ3) is 7.23. The Hall–Kier alpha value is -1.73. The molecule has 2 heterocycles. The number of carbonyl (C=O) groups is 2. The number of amides is 2. The van der Waals surface area contributed by atoms with Crippen molar-refractivity contribution in [3.8, 4) is 0 Å². The molecular weight excluding hydrogens is 556 g/mol. The number of sulfonamides is 1. The van der Waals surface area contributed by atoms with E-state index in [2.05, 4.69) is 15.8 Å². The molecule has 2 amide bonds. The largest absolute Gasteiger partial charge is 0.360 e. The van der Waals surface area contributed by atoms with Crippen LogP contribution in [0.15, 0.2) is 39.8 Å². The molecule has 13 heteroatoms. The maximum atomic E-state index is 13.3. The molecule has 2 aromatic rings. The lowest BCUT2D eigenvalue weighted by molar-refractivity contribution is -0.120. The quantitative estimate of drug-likeness (QED) is 0.455. The van der Waals surface area contributed by atoms with Gasteiger partial charge in [0, 0.05) is 30.6 Å². The lowest BCUT2D eigenvalue weighted by Gasteiger charge is -2.37. The predicted octanol–water partition coefficient (Wildman–Crippen LogP) is 3.34. The number of aromatic nitrogens is 1. The number of rotatable bonds is 8. The molecule has 1 saturated carbocycles. The fourth-order valence-electron chi connectivity index (χ4n) is 4.49. The van der Waals surface area contributed by atoms with Crippen molar-refractivity contribution in [2.75, 3.05) is 12.4 Å². The number of hydrogen-bond donors (Lipinski definition) is 2. The number of halogens is 1. The Bertz CT molecular complexity index is 1200. The number of hydrogen-bond acceptors (Lipinski definition) is 6. The fourth-order valence-corrected chi connectivity index (χ4v) is 6.21. The SMILES string of the molecule is C[C@H]1C[C@@H](NC(=O)c2cc(C3CC3)on2)CCN1S(=O)(=O)c1ccc(C(C)(C)NC(=O)CCl)cc1.S.S. The van der Waals surface area contributed by atoms with Crippen molar-refractivity contribution in [1.82, 2.24) is 20.1 Å². The second kappa shape index (κ2) is 12.4. The van der Waals surface area contributed by atoms with Crippen molar-refractivity contribution in [2.45, 2.75) is 74.9 Å². The first-order chi connectivity index (χ1) is 16.5. The monoisotopic (exact) mass is 590 g/mol. The van der Waals surface area contributed by atoms with Crippen molar-refractivity contribution in [1.29, 1.82) is 0 Å². The first-order valence-corrected chi connectivity index (χ1v) is 13.8. The molecule has 2 fully saturated rings. The lowest BCUT2D eigenvalue weighted by atomic mass is 9.94. The summed E-state index contributed by atoms with van der Waals surface area (Å²) in [7, 11) is -3.72. The molecular formula is C24H35ClN4O5S3. The molecule has 1 aliphatic carbocycles. The Morgan fingerprint density at radius 3 is 2.38 bits per heavy atom. The van der Waals surface area contributed by atoms with Gasteiger partial charge < -0.3 is 15.2 Å². The van der Waals surface area contributed by atoms with Crippen LogP contribution in [0.1, 0.15) is 74.2 Å². The smallest absolute Gasteiger partial charge is 0.273 e. The van der Waals surface area contributed by atoms with Crippen molar-refractivity contribution in [2.24, 2.45) is 0 Å². The van der Waals surface area contributed by atoms with Gasteiger partial charge in [0.15, 0.2) is 5.69 Å². The highest BCUT2D eigenvalue weighted by Gasteiger charge is 2.36. The summed E-state index contributed by atoms with van der Waals surface area (Å²) in [4.78, 5) is 24.5. The molecule has 206 valence electrons. The van der Waals surface area contributed by atoms with Gasteiger partial charge in [0.1, 0.15) is 11.6 Å². The van der Waals surface area contributed by atoms with Crippen LogP contribution in [0.3, 0.4) is 0 Å². The Balaban J connectivity index is 0.00000241.